The fraction of sp³-hybridized carbons (Fsp3) is 0.0833. The Hall–Kier alpha value is -2.68. The molecule has 2 aliphatic heterocycles. The number of H-pyrrole nitrogens is 2. The number of aromatic amines is 2. The quantitative estimate of drug-likeness (QED) is 0.159. The normalized spacial score (nSPS) is 12.8. The lowest BCUT2D eigenvalue weighted by Gasteiger charge is -2.08. The molecular weight excluding hydrogens is 1270 g/mol. The van der Waals surface area contributed by atoms with Gasteiger partial charge in [0.2, 0.25) is 0 Å². The second-order valence-electron chi connectivity index (χ2n) is 14.4. The van der Waals surface area contributed by atoms with Crippen molar-refractivity contribution in [3.63, 3.8) is 0 Å². The molecule has 0 fully saturated rings. The number of hydrogen-bond acceptors (Lipinski definition) is 2. The number of aromatic nitrogens is 4. The maximum atomic E-state index is 5.59. The van der Waals surface area contributed by atoms with Gasteiger partial charge in [-0.05, 0) is 150 Å². The van der Waals surface area contributed by atoms with Crippen molar-refractivity contribution in [2.75, 3.05) is 0 Å². The van der Waals surface area contributed by atoms with Gasteiger partial charge < -0.3 is 9.97 Å². The summed E-state index contributed by atoms with van der Waals surface area (Å²) in [6, 6.07) is 42.1. The van der Waals surface area contributed by atoms with Gasteiger partial charge in [0, 0.05) is 47.9 Å². The first-order chi connectivity index (χ1) is 29.1. The molecule has 2 aliphatic rings. The molecule has 298 valence electrons. The molecule has 0 saturated heterocycles. The van der Waals surface area contributed by atoms with Crippen molar-refractivity contribution in [3.05, 3.63) is 207 Å². The minimum Gasteiger partial charge on any atom is -0.353 e. The first-order valence-electron chi connectivity index (χ1n) is 18.9. The van der Waals surface area contributed by atoms with E-state index in [1.165, 1.54) is 0 Å². The van der Waals surface area contributed by atoms with Crippen molar-refractivity contribution in [1.82, 2.24) is 19.9 Å². The molecule has 7 aromatic rings. The summed E-state index contributed by atoms with van der Waals surface area (Å²) in [5, 5.41) is 0. The Morgan fingerprint density at radius 1 is 0.300 bits per heavy atom. The molecule has 0 radical (unpaired) electrons. The van der Waals surface area contributed by atoms with E-state index in [2.05, 4.69) is 234 Å². The maximum Gasteiger partial charge on any atom is 0.0848 e. The van der Waals surface area contributed by atoms with Gasteiger partial charge in [-0.15, -0.1) is 0 Å². The third-order valence-corrected chi connectivity index (χ3v) is 19.1. The van der Waals surface area contributed by atoms with E-state index in [1.807, 2.05) is 24.3 Å². The van der Waals surface area contributed by atoms with Crippen LogP contribution >= 0.6 is 127 Å². The van der Waals surface area contributed by atoms with Crippen LogP contribution in [-0.2, 0) is 25.7 Å². The summed E-state index contributed by atoms with van der Waals surface area (Å²) < 4.78 is 7.10. The van der Waals surface area contributed by atoms with E-state index in [0.717, 1.165) is 125 Å². The van der Waals surface area contributed by atoms with E-state index >= 15 is 0 Å². The van der Waals surface area contributed by atoms with Crippen LogP contribution in [0.4, 0.5) is 0 Å². The molecule has 8 bridgehead atoms. The van der Waals surface area contributed by atoms with Gasteiger partial charge in [-0.3, -0.25) is 0 Å². The number of rotatable bonds is 8. The molecule has 4 aromatic carbocycles. The lowest BCUT2D eigenvalue weighted by atomic mass is 10.0. The standard InChI is InChI=1S/C48H30Br8N4/c49-33-35(51)43-30(22-26-15-7-2-8-16-26)45-37(53)39(55)47(59-45)32(24-28-19-11-4-12-20-28)48-40(56)38(54)46(60-48)31(23-27-17-9-3-10-18-27)44-36(52)34(50)42(58-44)29(41(33)57-43)21-25-13-5-1-6-14-25/h1-20,57,60H,21-24H2. The Kier molecular flexibility index (Phi) is 12.9. The highest BCUT2D eigenvalue weighted by Crippen LogP contribution is 2.49. The molecule has 60 heavy (non-hydrogen) atoms. The largest absolute Gasteiger partial charge is 0.353 e. The van der Waals surface area contributed by atoms with Crippen molar-refractivity contribution in [2.45, 2.75) is 25.7 Å². The maximum absolute atomic E-state index is 5.59. The van der Waals surface area contributed by atoms with Crippen LogP contribution in [0.25, 0.3) is 40.0 Å². The third-order valence-electron chi connectivity index (χ3n) is 10.7. The summed E-state index contributed by atoms with van der Waals surface area (Å²) in [5.74, 6) is 0. The van der Waals surface area contributed by atoms with Gasteiger partial charge in [-0.25, -0.2) is 9.97 Å². The van der Waals surface area contributed by atoms with Gasteiger partial charge in [0.15, 0.2) is 0 Å². The number of benzene rings is 4. The molecule has 3 aromatic heterocycles. The van der Waals surface area contributed by atoms with Crippen LogP contribution in [0, 0.1) is 0 Å². The predicted molar refractivity (Wildman–Crippen MR) is 278 cm³/mol. The fourth-order valence-electron chi connectivity index (χ4n) is 7.74. The van der Waals surface area contributed by atoms with Crippen LogP contribution in [0.15, 0.2) is 139 Å². The van der Waals surface area contributed by atoms with Gasteiger partial charge in [0.25, 0.3) is 0 Å². The molecule has 2 N–H and O–H groups in total. The molecule has 0 unspecified atom stereocenters. The van der Waals surface area contributed by atoms with Crippen LogP contribution in [0.2, 0.25) is 0 Å². The Balaban J connectivity index is 1.51. The zero-order valence-corrected chi connectivity index (χ0v) is 44.0. The number of fused-ring (bicyclic) bond motifs is 8. The number of hydrogen-bond donors (Lipinski definition) is 2. The topological polar surface area (TPSA) is 57.4 Å². The molecule has 9 rings (SSSR count). The third kappa shape index (κ3) is 8.17. The van der Waals surface area contributed by atoms with E-state index in [0.29, 0.717) is 25.7 Å². The second kappa shape index (κ2) is 18.2. The van der Waals surface area contributed by atoms with Gasteiger partial charge in [0.1, 0.15) is 0 Å². The summed E-state index contributed by atoms with van der Waals surface area (Å²) in [6.07, 6.45) is 2.46. The van der Waals surface area contributed by atoms with E-state index in [4.69, 9.17) is 9.97 Å². The predicted octanol–water partition coefficient (Wildman–Crippen LogP) is 17.0. The number of halogens is 8. The zero-order valence-electron chi connectivity index (χ0n) is 31.3. The lowest BCUT2D eigenvalue weighted by molar-refractivity contribution is 1.11. The Morgan fingerprint density at radius 2 is 0.500 bits per heavy atom. The Bertz CT molecular complexity index is 2640. The van der Waals surface area contributed by atoms with Crippen LogP contribution < -0.4 is 0 Å². The van der Waals surface area contributed by atoms with Crippen LogP contribution in [0.3, 0.4) is 0 Å². The zero-order chi connectivity index (χ0) is 41.7. The molecule has 12 heteroatoms. The first-order valence-corrected chi connectivity index (χ1v) is 25.2. The van der Waals surface area contributed by atoms with Gasteiger partial charge in [0.05, 0.1) is 80.7 Å². The van der Waals surface area contributed by atoms with E-state index in [9.17, 15) is 0 Å². The molecule has 0 saturated carbocycles. The highest BCUT2D eigenvalue weighted by Gasteiger charge is 2.29. The average Bonchev–Trinajstić information content (AvgIpc) is 3.94. The average molecular weight is 1300 g/mol. The van der Waals surface area contributed by atoms with Gasteiger partial charge in [-0.1, -0.05) is 121 Å². The second-order valence-corrected chi connectivity index (χ2v) is 20.8. The summed E-state index contributed by atoms with van der Waals surface area (Å²) in [6.45, 7) is 0. The van der Waals surface area contributed by atoms with Crippen LogP contribution in [-0.4, -0.2) is 19.9 Å². The molecule has 0 spiro atoms. The van der Waals surface area contributed by atoms with Crippen molar-refractivity contribution in [1.29, 1.82) is 0 Å². The molecular formula is C48H30Br8N4. The highest BCUT2D eigenvalue weighted by molar-refractivity contribution is 9.18. The summed E-state index contributed by atoms with van der Waals surface area (Å²) >= 11 is 32.5. The van der Waals surface area contributed by atoms with E-state index in [-0.39, 0.29) is 0 Å². The Morgan fingerprint density at radius 3 is 0.700 bits per heavy atom. The number of nitrogens with one attached hydrogen (secondary N) is 2. The SMILES string of the molecule is BrC1=C(Br)c2nc1c(Cc1ccccc1)c1[nH]c(c(Br)c1Br)c(Cc1ccccc1)c1nc(c(Cc3ccccc3)c3[nH]c(c(Br)c3Br)c2Cc2ccccc2)C(Br)=C1Br. The van der Waals surface area contributed by atoms with Crippen molar-refractivity contribution in [3.8, 4) is 0 Å². The molecule has 0 amide bonds. The molecule has 4 nitrogen and oxygen atoms in total. The highest BCUT2D eigenvalue weighted by atomic mass is 79.9. The smallest absolute Gasteiger partial charge is 0.0848 e. The van der Waals surface area contributed by atoms with Crippen molar-refractivity contribution in [2.24, 2.45) is 0 Å². The summed E-state index contributed by atoms with van der Waals surface area (Å²) in [7, 11) is 0. The minimum absolute atomic E-state index is 0.614. The van der Waals surface area contributed by atoms with Gasteiger partial charge >= 0.3 is 0 Å². The van der Waals surface area contributed by atoms with Crippen molar-refractivity contribution >= 4 is 167 Å². The first kappa shape index (κ1) is 42.6. The summed E-state index contributed by atoms with van der Waals surface area (Å²) in [5.41, 5.74) is 15.7. The van der Waals surface area contributed by atoms with E-state index in [1.54, 1.807) is 0 Å². The van der Waals surface area contributed by atoms with Crippen LogP contribution in [0.1, 0.15) is 67.3 Å². The van der Waals surface area contributed by atoms with Crippen molar-refractivity contribution < 1.29 is 0 Å². The monoisotopic (exact) mass is 1290 g/mol. The minimum atomic E-state index is 0.614. The fourth-order valence-corrected chi connectivity index (χ4v) is 11.9. The lowest BCUT2D eigenvalue weighted by Crippen LogP contribution is -1.98. The van der Waals surface area contributed by atoms with Crippen LogP contribution in [0.5, 0.6) is 0 Å². The Labute approximate surface area is 414 Å². The molecule has 0 aliphatic carbocycles. The number of nitrogens with zero attached hydrogens (tertiary/aromatic N) is 2. The molecule has 0 atom stereocenters. The van der Waals surface area contributed by atoms with Gasteiger partial charge in [-0.2, -0.15) is 0 Å². The summed E-state index contributed by atoms with van der Waals surface area (Å²) in [4.78, 5) is 19.0. The molecule has 5 heterocycles. The van der Waals surface area contributed by atoms with E-state index < -0.39 is 0 Å².